The van der Waals surface area contributed by atoms with Gasteiger partial charge in [-0.15, -0.1) is 0 Å². The number of carbonyl (C=O) groups is 2. The van der Waals surface area contributed by atoms with E-state index in [1.165, 1.54) is 0 Å². The van der Waals surface area contributed by atoms with E-state index in [4.69, 9.17) is 16.3 Å². The summed E-state index contributed by atoms with van der Waals surface area (Å²) in [7, 11) is 1.91. The fourth-order valence-corrected chi connectivity index (χ4v) is 2.12. The molecule has 3 N–H and O–H groups in total. The highest BCUT2D eigenvalue weighted by Gasteiger charge is 2.17. The number of nitrogens with one attached hydrogen (secondary N) is 3. The summed E-state index contributed by atoms with van der Waals surface area (Å²) < 4.78 is 5.60. The van der Waals surface area contributed by atoms with Gasteiger partial charge in [0.15, 0.2) is 6.54 Å². The number of halogens is 1. The zero-order valence-electron chi connectivity index (χ0n) is 14.5. The average Bonchev–Trinajstić information content (AvgIpc) is 2.54. The van der Waals surface area contributed by atoms with E-state index in [0.29, 0.717) is 24.7 Å². The number of hydrogen-bond acceptors (Lipinski definition) is 3. The van der Waals surface area contributed by atoms with Crippen LogP contribution in [0.5, 0.6) is 5.75 Å². The number of carbonyl (C=O) groups excluding carboxylic acids is 2. The number of ether oxygens (including phenoxy) is 1. The van der Waals surface area contributed by atoms with Gasteiger partial charge in [0.2, 0.25) is 5.91 Å². The SMILES string of the molecule is CCCNC(=O)[C@@H](C)NC(=O)C[NH+](C)CCOc1ccc(Cl)cc1. The van der Waals surface area contributed by atoms with Crippen LogP contribution >= 0.6 is 11.6 Å². The third-order valence-corrected chi connectivity index (χ3v) is 3.65. The Morgan fingerprint density at radius 3 is 2.58 bits per heavy atom. The fourth-order valence-electron chi connectivity index (χ4n) is 2.00. The first-order valence-electron chi connectivity index (χ1n) is 8.19. The van der Waals surface area contributed by atoms with Crippen LogP contribution in [0.2, 0.25) is 5.02 Å². The van der Waals surface area contributed by atoms with E-state index >= 15 is 0 Å². The lowest BCUT2D eigenvalue weighted by Crippen LogP contribution is -3.10. The molecule has 134 valence electrons. The molecular formula is C17H27ClN3O3+. The molecular weight excluding hydrogens is 330 g/mol. The largest absolute Gasteiger partial charge is 0.488 e. The quantitative estimate of drug-likeness (QED) is 0.563. The summed E-state index contributed by atoms with van der Waals surface area (Å²) in [6.45, 7) is 5.73. The van der Waals surface area contributed by atoms with Gasteiger partial charge in [-0.2, -0.15) is 0 Å². The number of rotatable bonds is 10. The van der Waals surface area contributed by atoms with E-state index in [2.05, 4.69) is 10.6 Å². The minimum Gasteiger partial charge on any atom is -0.488 e. The molecule has 6 nitrogen and oxygen atoms in total. The van der Waals surface area contributed by atoms with Crippen molar-refractivity contribution in [2.75, 3.05) is 33.3 Å². The Kier molecular flexibility index (Phi) is 9.19. The second-order valence-corrected chi connectivity index (χ2v) is 6.20. The molecule has 1 rings (SSSR count). The summed E-state index contributed by atoms with van der Waals surface area (Å²) >= 11 is 5.81. The van der Waals surface area contributed by atoms with E-state index in [1.807, 2.05) is 14.0 Å². The lowest BCUT2D eigenvalue weighted by atomic mass is 10.3. The van der Waals surface area contributed by atoms with Crippen molar-refractivity contribution in [3.8, 4) is 5.75 Å². The number of likely N-dealkylation sites (N-methyl/N-ethyl adjacent to an activating group) is 1. The summed E-state index contributed by atoms with van der Waals surface area (Å²) in [6.07, 6.45) is 0.868. The Hall–Kier alpha value is -1.79. The lowest BCUT2D eigenvalue weighted by Gasteiger charge is -2.17. The molecule has 1 aromatic carbocycles. The highest BCUT2D eigenvalue weighted by atomic mass is 35.5. The van der Waals surface area contributed by atoms with E-state index in [1.54, 1.807) is 31.2 Å². The fraction of sp³-hybridized carbons (Fsp3) is 0.529. The first-order chi connectivity index (χ1) is 11.4. The Bertz CT molecular complexity index is 522. The molecule has 0 aromatic heterocycles. The molecule has 0 aliphatic carbocycles. The Morgan fingerprint density at radius 1 is 1.29 bits per heavy atom. The second kappa shape index (κ2) is 10.9. The minimum atomic E-state index is -0.526. The standard InChI is InChI=1S/C17H26ClN3O3/c1-4-9-19-17(23)13(2)20-16(22)12-21(3)10-11-24-15-7-5-14(18)6-8-15/h5-8,13H,4,9-12H2,1-3H3,(H,19,23)(H,20,22)/p+1/t13-/m1/s1. The third kappa shape index (κ3) is 8.17. The zero-order valence-corrected chi connectivity index (χ0v) is 15.3. The molecule has 7 heteroatoms. The van der Waals surface area contributed by atoms with Gasteiger partial charge in [0.05, 0.1) is 7.05 Å². The van der Waals surface area contributed by atoms with E-state index in [-0.39, 0.29) is 18.4 Å². The Morgan fingerprint density at radius 2 is 1.96 bits per heavy atom. The predicted octanol–water partition coefficient (Wildman–Crippen LogP) is 0.264. The van der Waals surface area contributed by atoms with E-state index in [0.717, 1.165) is 17.1 Å². The summed E-state index contributed by atoms with van der Waals surface area (Å²) in [5.74, 6) is 0.435. The predicted molar refractivity (Wildman–Crippen MR) is 94.5 cm³/mol. The maximum absolute atomic E-state index is 11.9. The highest BCUT2D eigenvalue weighted by Crippen LogP contribution is 2.14. The summed E-state index contributed by atoms with van der Waals surface area (Å²) in [5, 5.41) is 6.13. The first-order valence-corrected chi connectivity index (χ1v) is 8.57. The monoisotopic (exact) mass is 356 g/mol. The molecule has 24 heavy (non-hydrogen) atoms. The highest BCUT2D eigenvalue weighted by molar-refractivity contribution is 6.30. The van der Waals surface area contributed by atoms with Crippen LogP contribution in [0.15, 0.2) is 24.3 Å². The Balaban J connectivity index is 2.23. The van der Waals surface area contributed by atoms with Crippen molar-refractivity contribution >= 4 is 23.4 Å². The van der Waals surface area contributed by atoms with Crippen molar-refractivity contribution < 1.29 is 19.2 Å². The summed E-state index contributed by atoms with van der Waals surface area (Å²) in [4.78, 5) is 24.7. The number of amides is 2. The number of quaternary nitrogens is 1. The molecule has 1 unspecified atom stereocenters. The van der Waals surface area contributed by atoms with Crippen LogP contribution < -0.4 is 20.3 Å². The molecule has 0 aliphatic rings. The molecule has 2 amide bonds. The molecule has 0 radical (unpaired) electrons. The molecule has 0 heterocycles. The van der Waals surface area contributed by atoms with Crippen LogP contribution in [-0.4, -0.2) is 51.1 Å². The lowest BCUT2D eigenvalue weighted by molar-refractivity contribution is -0.871. The van der Waals surface area contributed by atoms with Gasteiger partial charge in [-0.25, -0.2) is 0 Å². The second-order valence-electron chi connectivity index (χ2n) is 5.77. The van der Waals surface area contributed by atoms with E-state index in [9.17, 15) is 9.59 Å². The molecule has 1 aromatic rings. The van der Waals surface area contributed by atoms with Gasteiger partial charge < -0.3 is 20.3 Å². The smallest absolute Gasteiger partial charge is 0.275 e. The van der Waals surface area contributed by atoms with Crippen LogP contribution in [0.25, 0.3) is 0 Å². The van der Waals surface area contributed by atoms with Gasteiger partial charge in [-0.05, 0) is 37.6 Å². The molecule has 2 atom stereocenters. The normalized spacial score (nSPS) is 13.0. The van der Waals surface area contributed by atoms with Crippen LogP contribution in [-0.2, 0) is 9.59 Å². The maximum atomic E-state index is 11.9. The van der Waals surface area contributed by atoms with Crippen molar-refractivity contribution in [2.24, 2.45) is 0 Å². The number of hydrogen-bond donors (Lipinski definition) is 3. The molecule has 0 spiro atoms. The van der Waals surface area contributed by atoms with Gasteiger partial charge in [0.25, 0.3) is 5.91 Å². The van der Waals surface area contributed by atoms with Gasteiger partial charge in [-0.1, -0.05) is 18.5 Å². The molecule has 0 fully saturated rings. The van der Waals surface area contributed by atoms with Crippen molar-refractivity contribution in [2.45, 2.75) is 26.3 Å². The zero-order chi connectivity index (χ0) is 17.9. The van der Waals surface area contributed by atoms with Gasteiger partial charge >= 0.3 is 0 Å². The molecule has 0 aliphatic heterocycles. The van der Waals surface area contributed by atoms with Crippen molar-refractivity contribution in [1.29, 1.82) is 0 Å². The molecule has 0 saturated carbocycles. The molecule has 0 bridgehead atoms. The minimum absolute atomic E-state index is 0.154. The van der Waals surface area contributed by atoms with Gasteiger partial charge in [-0.3, -0.25) is 9.59 Å². The number of benzene rings is 1. The van der Waals surface area contributed by atoms with Gasteiger partial charge in [0, 0.05) is 11.6 Å². The van der Waals surface area contributed by atoms with Gasteiger partial charge in [0.1, 0.15) is 24.9 Å². The average molecular weight is 357 g/mol. The maximum Gasteiger partial charge on any atom is 0.275 e. The van der Waals surface area contributed by atoms with Crippen LogP contribution in [0.3, 0.4) is 0 Å². The van der Waals surface area contributed by atoms with Crippen molar-refractivity contribution in [3.05, 3.63) is 29.3 Å². The first kappa shape index (κ1) is 20.3. The molecule has 0 saturated heterocycles. The Labute approximate surface area is 148 Å². The summed E-state index contributed by atoms with van der Waals surface area (Å²) in [5.41, 5.74) is 0. The topological polar surface area (TPSA) is 71.9 Å². The van der Waals surface area contributed by atoms with Crippen molar-refractivity contribution in [1.82, 2.24) is 10.6 Å². The van der Waals surface area contributed by atoms with E-state index < -0.39 is 6.04 Å². The third-order valence-electron chi connectivity index (χ3n) is 3.39. The van der Waals surface area contributed by atoms with Crippen LogP contribution in [0.4, 0.5) is 0 Å². The van der Waals surface area contributed by atoms with Crippen LogP contribution in [0, 0.1) is 0 Å². The van der Waals surface area contributed by atoms with Crippen molar-refractivity contribution in [3.63, 3.8) is 0 Å². The van der Waals surface area contributed by atoms with Crippen LogP contribution in [0.1, 0.15) is 20.3 Å². The summed E-state index contributed by atoms with van der Waals surface area (Å²) in [6, 6.07) is 6.63.